The number of benzene rings is 2. The molecule has 1 aromatic heterocycles. The van der Waals surface area contributed by atoms with Gasteiger partial charge in [0.15, 0.2) is 11.9 Å². The number of hydrogen-bond acceptors (Lipinski definition) is 5. The van der Waals surface area contributed by atoms with E-state index in [0.717, 1.165) is 5.56 Å². The van der Waals surface area contributed by atoms with Crippen molar-refractivity contribution in [3.63, 3.8) is 0 Å². The van der Waals surface area contributed by atoms with Crippen molar-refractivity contribution in [1.29, 1.82) is 5.26 Å². The van der Waals surface area contributed by atoms with Crippen LogP contribution in [-0.2, 0) is 4.79 Å². The van der Waals surface area contributed by atoms with Gasteiger partial charge in [-0.15, -0.1) is 0 Å². The Labute approximate surface area is 151 Å². The maximum absolute atomic E-state index is 12.3. The van der Waals surface area contributed by atoms with Gasteiger partial charge in [0.25, 0.3) is 5.91 Å². The number of carbonyl (C=O) groups is 1. The van der Waals surface area contributed by atoms with Gasteiger partial charge in [0.1, 0.15) is 5.75 Å². The molecule has 0 saturated heterocycles. The number of ether oxygens (including phenoxy) is 1. The molecule has 0 spiro atoms. The monoisotopic (exact) mass is 344 g/mol. The smallest absolute Gasteiger partial charge is 0.265 e. The molecule has 0 aliphatic heterocycles. The highest BCUT2D eigenvalue weighted by atomic mass is 16.5. The fraction of sp³-hybridized carbons (Fsp3) is 0.100. The lowest BCUT2D eigenvalue weighted by Gasteiger charge is -2.15. The Hall–Kier alpha value is -3.72. The average Bonchev–Trinajstić information content (AvgIpc) is 2.70. The van der Waals surface area contributed by atoms with E-state index in [0.29, 0.717) is 22.8 Å². The summed E-state index contributed by atoms with van der Waals surface area (Å²) in [6.45, 7) is 1.67. The van der Waals surface area contributed by atoms with Gasteiger partial charge in [0, 0.05) is 23.6 Å². The van der Waals surface area contributed by atoms with Crippen molar-refractivity contribution in [3.05, 3.63) is 72.6 Å². The zero-order chi connectivity index (χ0) is 18.4. The molecule has 6 nitrogen and oxygen atoms in total. The van der Waals surface area contributed by atoms with Gasteiger partial charge in [0.05, 0.1) is 11.6 Å². The highest BCUT2D eigenvalue weighted by Gasteiger charge is 2.15. The normalized spacial score (nSPS) is 11.2. The molecule has 1 N–H and O–H groups in total. The molecule has 0 unspecified atom stereocenters. The number of anilines is 1. The third-order valence-electron chi connectivity index (χ3n) is 3.64. The van der Waals surface area contributed by atoms with E-state index in [1.165, 1.54) is 0 Å². The Balaban J connectivity index is 1.61. The minimum Gasteiger partial charge on any atom is -0.481 e. The summed E-state index contributed by atoms with van der Waals surface area (Å²) >= 11 is 0. The summed E-state index contributed by atoms with van der Waals surface area (Å²) in [6, 6.07) is 17.7. The summed E-state index contributed by atoms with van der Waals surface area (Å²) in [5.41, 5.74) is 2.06. The first kappa shape index (κ1) is 17.1. The number of nitrogens with one attached hydrogen (secondary N) is 1. The highest BCUT2D eigenvalue weighted by Crippen LogP contribution is 2.18. The number of rotatable bonds is 5. The number of amides is 1. The summed E-state index contributed by atoms with van der Waals surface area (Å²) < 4.78 is 5.60. The molecule has 0 aliphatic carbocycles. The van der Waals surface area contributed by atoms with E-state index in [-0.39, 0.29) is 5.91 Å². The van der Waals surface area contributed by atoms with E-state index in [9.17, 15) is 4.79 Å². The summed E-state index contributed by atoms with van der Waals surface area (Å²) in [6.07, 6.45) is 2.68. The molecule has 0 fully saturated rings. The SMILES string of the molecule is C[C@H](Oc1ccc(C#N)cc1)C(=O)Nc1ccc(-c2ncccn2)cc1. The summed E-state index contributed by atoms with van der Waals surface area (Å²) in [5, 5.41) is 11.6. The standard InChI is InChI=1S/C20H16N4O2/c1-14(26-18-9-3-15(13-21)4-10-18)20(25)24-17-7-5-16(6-8-17)19-22-11-2-12-23-19/h2-12,14H,1H3,(H,24,25)/t14-/m0/s1. The molecule has 1 heterocycles. The van der Waals surface area contributed by atoms with Crippen molar-refractivity contribution in [2.24, 2.45) is 0 Å². The molecule has 3 rings (SSSR count). The minimum atomic E-state index is -0.680. The molecule has 2 aromatic carbocycles. The van der Waals surface area contributed by atoms with Gasteiger partial charge in [-0.3, -0.25) is 4.79 Å². The van der Waals surface area contributed by atoms with Gasteiger partial charge in [-0.25, -0.2) is 9.97 Å². The van der Waals surface area contributed by atoms with Crippen molar-refractivity contribution >= 4 is 11.6 Å². The Kier molecular flexibility index (Phi) is 5.20. The van der Waals surface area contributed by atoms with Gasteiger partial charge in [-0.2, -0.15) is 5.26 Å². The van der Waals surface area contributed by atoms with E-state index in [4.69, 9.17) is 10.00 Å². The number of aromatic nitrogens is 2. The van der Waals surface area contributed by atoms with Crippen LogP contribution in [0.5, 0.6) is 5.75 Å². The number of carbonyl (C=O) groups excluding carboxylic acids is 1. The maximum Gasteiger partial charge on any atom is 0.265 e. The van der Waals surface area contributed by atoms with Crippen molar-refractivity contribution in [2.45, 2.75) is 13.0 Å². The molecule has 26 heavy (non-hydrogen) atoms. The van der Waals surface area contributed by atoms with Crippen molar-refractivity contribution in [2.75, 3.05) is 5.32 Å². The van der Waals surface area contributed by atoms with E-state index in [1.807, 2.05) is 18.2 Å². The van der Waals surface area contributed by atoms with Crippen LogP contribution in [0.1, 0.15) is 12.5 Å². The van der Waals surface area contributed by atoms with Crippen LogP contribution in [0.2, 0.25) is 0 Å². The zero-order valence-corrected chi connectivity index (χ0v) is 14.1. The van der Waals surface area contributed by atoms with E-state index < -0.39 is 6.10 Å². The first-order chi connectivity index (χ1) is 12.7. The van der Waals surface area contributed by atoms with E-state index in [1.54, 1.807) is 61.8 Å². The Morgan fingerprint density at radius 1 is 1.08 bits per heavy atom. The van der Waals surface area contributed by atoms with Crippen LogP contribution in [0.4, 0.5) is 5.69 Å². The van der Waals surface area contributed by atoms with Crippen molar-refractivity contribution in [3.8, 4) is 23.2 Å². The second-order valence-corrected chi connectivity index (χ2v) is 5.54. The number of nitrogens with zero attached hydrogens (tertiary/aromatic N) is 3. The van der Waals surface area contributed by atoms with E-state index >= 15 is 0 Å². The molecular formula is C20H16N4O2. The lowest BCUT2D eigenvalue weighted by molar-refractivity contribution is -0.122. The molecular weight excluding hydrogens is 328 g/mol. The first-order valence-corrected chi connectivity index (χ1v) is 8.01. The average molecular weight is 344 g/mol. The highest BCUT2D eigenvalue weighted by molar-refractivity contribution is 5.94. The lowest BCUT2D eigenvalue weighted by Crippen LogP contribution is -2.30. The van der Waals surface area contributed by atoms with Gasteiger partial charge >= 0.3 is 0 Å². The van der Waals surface area contributed by atoms with Crippen LogP contribution >= 0.6 is 0 Å². The molecule has 1 atom stereocenters. The summed E-state index contributed by atoms with van der Waals surface area (Å²) in [4.78, 5) is 20.7. The van der Waals surface area contributed by atoms with Crippen LogP contribution in [0.3, 0.4) is 0 Å². The summed E-state index contributed by atoms with van der Waals surface area (Å²) in [5.74, 6) is 0.893. The second-order valence-electron chi connectivity index (χ2n) is 5.54. The van der Waals surface area contributed by atoms with Gasteiger partial charge in [-0.1, -0.05) is 0 Å². The van der Waals surface area contributed by atoms with Gasteiger partial charge in [0.2, 0.25) is 0 Å². The van der Waals surface area contributed by atoms with Gasteiger partial charge < -0.3 is 10.1 Å². The van der Waals surface area contributed by atoms with Crippen molar-refractivity contribution < 1.29 is 9.53 Å². The molecule has 1 amide bonds. The molecule has 6 heteroatoms. The molecule has 0 radical (unpaired) electrons. The quantitative estimate of drug-likeness (QED) is 0.766. The second kappa shape index (κ2) is 7.90. The Morgan fingerprint density at radius 2 is 1.73 bits per heavy atom. The van der Waals surface area contributed by atoms with Crippen LogP contribution in [0.25, 0.3) is 11.4 Å². The molecule has 3 aromatic rings. The Morgan fingerprint density at radius 3 is 2.35 bits per heavy atom. The summed E-state index contributed by atoms with van der Waals surface area (Å²) in [7, 11) is 0. The third kappa shape index (κ3) is 4.22. The molecule has 128 valence electrons. The predicted octanol–water partition coefficient (Wildman–Crippen LogP) is 3.42. The largest absolute Gasteiger partial charge is 0.481 e. The van der Waals surface area contributed by atoms with Crippen LogP contribution in [0.15, 0.2) is 67.0 Å². The van der Waals surface area contributed by atoms with Crippen LogP contribution < -0.4 is 10.1 Å². The first-order valence-electron chi connectivity index (χ1n) is 8.01. The van der Waals surface area contributed by atoms with Crippen LogP contribution in [0, 0.1) is 11.3 Å². The maximum atomic E-state index is 12.3. The van der Waals surface area contributed by atoms with Crippen molar-refractivity contribution in [1.82, 2.24) is 9.97 Å². The van der Waals surface area contributed by atoms with Crippen LogP contribution in [-0.4, -0.2) is 22.0 Å². The third-order valence-corrected chi connectivity index (χ3v) is 3.64. The topological polar surface area (TPSA) is 87.9 Å². The van der Waals surface area contributed by atoms with Gasteiger partial charge in [-0.05, 0) is 61.5 Å². The lowest BCUT2D eigenvalue weighted by atomic mass is 10.2. The molecule has 0 bridgehead atoms. The van der Waals surface area contributed by atoms with E-state index in [2.05, 4.69) is 15.3 Å². The number of nitriles is 1. The zero-order valence-electron chi connectivity index (χ0n) is 14.1. The minimum absolute atomic E-state index is 0.266. The molecule has 0 saturated carbocycles. The predicted molar refractivity (Wildman–Crippen MR) is 97.3 cm³/mol. The number of hydrogen-bond donors (Lipinski definition) is 1. The fourth-order valence-corrected chi connectivity index (χ4v) is 2.26. The Bertz CT molecular complexity index is 917. The fourth-order valence-electron chi connectivity index (χ4n) is 2.26. The molecule has 0 aliphatic rings.